The minimum absolute atomic E-state index is 0.0556. The van der Waals surface area contributed by atoms with Crippen LogP contribution in [0.25, 0.3) is 0 Å². The van der Waals surface area contributed by atoms with Gasteiger partial charge in [-0.1, -0.05) is 12.2 Å². The molecular formula is C8H11O4-. The van der Waals surface area contributed by atoms with E-state index in [-0.39, 0.29) is 6.42 Å². The molecule has 1 N–H and O–H groups in total. The lowest BCUT2D eigenvalue weighted by Crippen LogP contribution is -2.20. The summed E-state index contributed by atoms with van der Waals surface area (Å²) in [7, 11) is 0. The topological polar surface area (TPSA) is 77.4 Å². The van der Waals surface area contributed by atoms with Crippen LogP contribution in [-0.4, -0.2) is 17.0 Å². The van der Waals surface area contributed by atoms with E-state index in [1.807, 2.05) is 0 Å². The average molecular weight is 171 g/mol. The third kappa shape index (κ3) is 23.7. The Balaban J connectivity index is 0. The first-order valence-electron chi connectivity index (χ1n) is 3.21. The van der Waals surface area contributed by atoms with E-state index in [1.54, 1.807) is 6.92 Å². The normalized spacial score (nSPS) is 8.42. The Morgan fingerprint density at radius 1 is 1.58 bits per heavy atom. The molecule has 0 aromatic rings. The summed E-state index contributed by atoms with van der Waals surface area (Å²) in [5, 5.41) is 17.2. The molecule has 4 heteroatoms. The standard InChI is InChI=1S/2C4H6O2/c2*1-2-3-4(5)6/h2-3H,1H3,(H,5,6);2H,1,3H2,(H,5,6)/p-1/b3-2+;. The molecule has 0 unspecified atom stereocenters. The Morgan fingerprint density at radius 3 is 2.08 bits per heavy atom. The van der Waals surface area contributed by atoms with Gasteiger partial charge in [-0.25, -0.2) is 4.79 Å². The molecule has 0 atom stereocenters. The highest BCUT2D eigenvalue weighted by Gasteiger charge is 1.76. The first-order chi connectivity index (χ1) is 5.54. The maximum atomic E-state index is 9.51. The van der Waals surface area contributed by atoms with Gasteiger partial charge < -0.3 is 15.0 Å². The Bertz CT molecular complexity index is 181. The van der Waals surface area contributed by atoms with E-state index in [4.69, 9.17) is 5.11 Å². The van der Waals surface area contributed by atoms with Crippen LogP contribution in [0.15, 0.2) is 24.8 Å². The zero-order valence-corrected chi connectivity index (χ0v) is 6.82. The van der Waals surface area contributed by atoms with E-state index < -0.39 is 11.9 Å². The van der Waals surface area contributed by atoms with Crippen molar-refractivity contribution in [1.29, 1.82) is 0 Å². The number of carbonyl (C=O) groups is 2. The summed E-state index contributed by atoms with van der Waals surface area (Å²) in [6, 6.07) is 0. The maximum Gasteiger partial charge on any atom is 0.327 e. The third-order valence-electron chi connectivity index (χ3n) is 0.620. The molecular weight excluding hydrogens is 160 g/mol. The van der Waals surface area contributed by atoms with Crippen molar-refractivity contribution in [2.75, 3.05) is 0 Å². The third-order valence-corrected chi connectivity index (χ3v) is 0.620. The van der Waals surface area contributed by atoms with Gasteiger partial charge in [0.15, 0.2) is 0 Å². The Morgan fingerprint density at radius 2 is 2.08 bits per heavy atom. The molecule has 0 aliphatic carbocycles. The lowest BCUT2D eigenvalue weighted by Gasteiger charge is -1.89. The van der Waals surface area contributed by atoms with Gasteiger partial charge >= 0.3 is 5.97 Å². The van der Waals surface area contributed by atoms with Gasteiger partial charge in [0.1, 0.15) is 0 Å². The van der Waals surface area contributed by atoms with Gasteiger partial charge in [-0.05, 0) is 6.92 Å². The molecule has 0 heterocycles. The van der Waals surface area contributed by atoms with Crippen LogP contribution in [0.5, 0.6) is 0 Å². The van der Waals surface area contributed by atoms with Crippen LogP contribution < -0.4 is 5.11 Å². The SMILES string of the molecule is C/C=C/C(=O)O.C=CCC(=O)[O-]. The van der Waals surface area contributed by atoms with E-state index >= 15 is 0 Å². The smallest absolute Gasteiger partial charge is 0.327 e. The fraction of sp³-hybridized carbons (Fsp3) is 0.250. The zero-order chi connectivity index (χ0) is 9.98. The maximum absolute atomic E-state index is 9.51. The summed E-state index contributed by atoms with van der Waals surface area (Å²) in [5.41, 5.74) is 0. The Hall–Kier alpha value is -1.58. The molecule has 0 bridgehead atoms. The van der Waals surface area contributed by atoms with Crippen molar-refractivity contribution in [3.05, 3.63) is 24.8 Å². The van der Waals surface area contributed by atoms with Crippen LogP contribution in [0, 0.1) is 0 Å². The second-order valence-corrected chi connectivity index (χ2v) is 1.70. The molecule has 0 aromatic carbocycles. The molecule has 0 aliphatic heterocycles. The monoisotopic (exact) mass is 171 g/mol. The van der Waals surface area contributed by atoms with E-state index in [2.05, 4.69) is 6.58 Å². The van der Waals surface area contributed by atoms with Crippen LogP contribution in [0.1, 0.15) is 13.3 Å². The molecule has 0 aliphatic rings. The fourth-order valence-corrected chi connectivity index (χ4v) is 0.260. The summed E-state index contributed by atoms with van der Waals surface area (Å²) < 4.78 is 0. The molecule has 0 saturated carbocycles. The van der Waals surface area contributed by atoms with Gasteiger partial charge in [-0.2, -0.15) is 0 Å². The second kappa shape index (κ2) is 9.42. The minimum Gasteiger partial charge on any atom is -0.550 e. The zero-order valence-electron chi connectivity index (χ0n) is 6.82. The number of hydrogen-bond donors (Lipinski definition) is 1. The Labute approximate surface area is 70.8 Å². The van der Waals surface area contributed by atoms with E-state index in [9.17, 15) is 14.7 Å². The fourth-order valence-electron chi connectivity index (χ4n) is 0.260. The van der Waals surface area contributed by atoms with Crippen LogP contribution in [0.3, 0.4) is 0 Å². The highest BCUT2D eigenvalue weighted by Crippen LogP contribution is 1.70. The molecule has 0 amide bonds. The van der Waals surface area contributed by atoms with Gasteiger partial charge in [-0.3, -0.25) is 0 Å². The van der Waals surface area contributed by atoms with Crippen molar-refractivity contribution >= 4 is 11.9 Å². The molecule has 0 fully saturated rings. The van der Waals surface area contributed by atoms with Crippen molar-refractivity contribution in [1.82, 2.24) is 0 Å². The van der Waals surface area contributed by atoms with Gasteiger partial charge in [0, 0.05) is 18.5 Å². The number of rotatable bonds is 3. The van der Waals surface area contributed by atoms with E-state index in [0.29, 0.717) is 0 Å². The lowest BCUT2D eigenvalue weighted by atomic mass is 10.4. The highest BCUT2D eigenvalue weighted by atomic mass is 16.4. The summed E-state index contributed by atoms with van der Waals surface area (Å²) in [5.74, 6) is -1.97. The average Bonchev–Trinajstić information content (AvgIpc) is 1.87. The molecule has 0 aromatic heterocycles. The minimum atomic E-state index is -1.08. The lowest BCUT2D eigenvalue weighted by molar-refractivity contribution is -0.304. The first kappa shape index (κ1) is 13.0. The number of allylic oxidation sites excluding steroid dienone is 1. The largest absolute Gasteiger partial charge is 0.550 e. The highest BCUT2D eigenvalue weighted by molar-refractivity contribution is 5.79. The quantitative estimate of drug-likeness (QED) is 0.477. The van der Waals surface area contributed by atoms with Gasteiger partial charge in [0.2, 0.25) is 0 Å². The molecule has 12 heavy (non-hydrogen) atoms. The van der Waals surface area contributed by atoms with Crippen molar-refractivity contribution in [2.45, 2.75) is 13.3 Å². The molecule has 0 rings (SSSR count). The van der Waals surface area contributed by atoms with E-state index in [1.165, 1.54) is 12.2 Å². The van der Waals surface area contributed by atoms with Crippen LogP contribution in [-0.2, 0) is 9.59 Å². The van der Waals surface area contributed by atoms with Crippen LogP contribution >= 0.6 is 0 Å². The number of aliphatic carboxylic acids is 2. The predicted octanol–water partition coefficient (Wildman–Crippen LogP) is -0.0405. The van der Waals surface area contributed by atoms with Crippen molar-refractivity contribution in [2.24, 2.45) is 0 Å². The van der Waals surface area contributed by atoms with Crippen LogP contribution in [0.4, 0.5) is 0 Å². The van der Waals surface area contributed by atoms with Gasteiger partial charge in [0.05, 0.1) is 0 Å². The molecule has 68 valence electrons. The number of carboxylic acids is 2. The molecule has 0 radical (unpaired) electrons. The van der Waals surface area contributed by atoms with Crippen molar-refractivity contribution < 1.29 is 19.8 Å². The Kier molecular flexibility index (Phi) is 10.2. The number of hydrogen-bond acceptors (Lipinski definition) is 3. The van der Waals surface area contributed by atoms with Gasteiger partial charge in [-0.15, -0.1) is 6.58 Å². The second-order valence-electron chi connectivity index (χ2n) is 1.70. The number of carbonyl (C=O) groups excluding carboxylic acids is 1. The first-order valence-corrected chi connectivity index (χ1v) is 3.21. The summed E-state index contributed by atoms with van der Waals surface area (Å²) in [6.45, 7) is 4.84. The number of carboxylic acid groups (broad SMARTS) is 2. The van der Waals surface area contributed by atoms with Crippen molar-refractivity contribution in [3.63, 3.8) is 0 Å². The van der Waals surface area contributed by atoms with Gasteiger partial charge in [0.25, 0.3) is 0 Å². The van der Waals surface area contributed by atoms with E-state index in [0.717, 1.165) is 6.08 Å². The summed E-state index contributed by atoms with van der Waals surface area (Å²) >= 11 is 0. The summed E-state index contributed by atoms with van der Waals surface area (Å²) in [4.78, 5) is 18.9. The molecule has 4 nitrogen and oxygen atoms in total. The van der Waals surface area contributed by atoms with Crippen LogP contribution in [0.2, 0.25) is 0 Å². The molecule has 0 spiro atoms. The predicted molar refractivity (Wildman–Crippen MR) is 42.3 cm³/mol. The summed E-state index contributed by atoms with van der Waals surface area (Å²) in [6.07, 6.45) is 3.79. The van der Waals surface area contributed by atoms with Crippen molar-refractivity contribution in [3.8, 4) is 0 Å². The molecule has 0 saturated heterocycles.